The number of fused-ring (bicyclic) bond motifs is 1. The lowest BCUT2D eigenvalue weighted by molar-refractivity contribution is 1.21. The largest absolute Gasteiger partial charge is 0.307 e. The van der Waals surface area contributed by atoms with Gasteiger partial charge in [-0.3, -0.25) is 0 Å². The first-order chi connectivity index (χ1) is 9.31. The van der Waals surface area contributed by atoms with Crippen molar-refractivity contribution in [3.8, 4) is 16.8 Å². The molecule has 6 heteroatoms. The molecule has 5 nitrogen and oxygen atoms in total. The van der Waals surface area contributed by atoms with Gasteiger partial charge in [-0.1, -0.05) is 12.1 Å². The normalized spacial score (nSPS) is 10.3. The van der Waals surface area contributed by atoms with Crippen molar-refractivity contribution in [2.24, 2.45) is 5.84 Å². The highest BCUT2D eigenvalue weighted by molar-refractivity contribution is 7.21. The van der Waals surface area contributed by atoms with Crippen LogP contribution in [-0.2, 0) is 0 Å². The predicted octanol–water partition coefficient (Wildman–Crippen LogP) is 2.52. The van der Waals surface area contributed by atoms with Crippen LogP contribution in [0.3, 0.4) is 0 Å². The van der Waals surface area contributed by atoms with Gasteiger partial charge in [0.1, 0.15) is 16.8 Å². The number of thiazole rings is 1. The standard InChI is InChI=1S/C13H9N5S/c14-7-8-5-6-10(16-12(8)18-15)13-17-9-3-1-2-4-11(9)19-13/h1-6H,15H2,(H,16,18). The zero-order chi connectivity index (χ0) is 13.2. The number of para-hydroxylation sites is 1. The topological polar surface area (TPSA) is 87.6 Å². The predicted molar refractivity (Wildman–Crippen MR) is 75.4 cm³/mol. The van der Waals surface area contributed by atoms with Gasteiger partial charge in [-0.15, -0.1) is 11.3 Å². The quantitative estimate of drug-likeness (QED) is 0.550. The fraction of sp³-hybridized carbons (Fsp3) is 0. The van der Waals surface area contributed by atoms with Gasteiger partial charge in [0, 0.05) is 0 Å². The third-order valence-corrected chi connectivity index (χ3v) is 3.72. The van der Waals surface area contributed by atoms with E-state index in [2.05, 4.69) is 15.4 Å². The summed E-state index contributed by atoms with van der Waals surface area (Å²) in [6.07, 6.45) is 0. The molecule has 0 aliphatic rings. The van der Waals surface area contributed by atoms with E-state index in [-0.39, 0.29) is 0 Å². The molecule has 1 aromatic carbocycles. The summed E-state index contributed by atoms with van der Waals surface area (Å²) in [6.45, 7) is 0. The number of hydrogen-bond acceptors (Lipinski definition) is 6. The molecule has 0 saturated heterocycles. The second-order valence-electron chi connectivity index (χ2n) is 3.84. The Morgan fingerprint density at radius 2 is 2.00 bits per heavy atom. The maximum absolute atomic E-state index is 8.93. The molecule has 0 spiro atoms. The number of benzene rings is 1. The molecule has 3 rings (SSSR count). The molecule has 0 amide bonds. The SMILES string of the molecule is N#Cc1ccc(-c2nc3ccccc3s2)nc1NN. The Kier molecular flexibility index (Phi) is 2.83. The number of nitrogens with one attached hydrogen (secondary N) is 1. The van der Waals surface area contributed by atoms with Crippen LogP contribution in [0, 0.1) is 11.3 Å². The first-order valence-electron chi connectivity index (χ1n) is 5.55. The van der Waals surface area contributed by atoms with E-state index in [0.29, 0.717) is 17.1 Å². The third kappa shape index (κ3) is 2.01. The lowest BCUT2D eigenvalue weighted by Crippen LogP contribution is -2.10. The van der Waals surface area contributed by atoms with Gasteiger partial charge in [0.2, 0.25) is 0 Å². The molecule has 0 bridgehead atoms. The molecule has 0 fully saturated rings. The fourth-order valence-electron chi connectivity index (χ4n) is 1.76. The molecule has 0 atom stereocenters. The minimum Gasteiger partial charge on any atom is -0.307 e. The number of nitrogens with zero attached hydrogens (tertiary/aromatic N) is 3. The van der Waals surface area contributed by atoms with Crippen molar-refractivity contribution in [3.63, 3.8) is 0 Å². The highest BCUT2D eigenvalue weighted by Gasteiger charge is 2.10. The Labute approximate surface area is 113 Å². The average Bonchev–Trinajstić information content (AvgIpc) is 2.90. The molecule has 92 valence electrons. The summed E-state index contributed by atoms with van der Waals surface area (Å²) in [7, 11) is 0. The van der Waals surface area contributed by atoms with Gasteiger partial charge in [0.15, 0.2) is 5.82 Å². The summed E-state index contributed by atoms with van der Waals surface area (Å²) in [6, 6.07) is 13.4. The summed E-state index contributed by atoms with van der Waals surface area (Å²) < 4.78 is 1.10. The summed E-state index contributed by atoms with van der Waals surface area (Å²) in [5.41, 5.74) is 4.49. The Balaban J connectivity index is 2.13. The number of anilines is 1. The van der Waals surface area contributed by atoms with Crippen LogP contribution >= 0.6 is 11.3 Å². The van der Waals surface area contributed by atoms with E-state index in [9.17, 15) is 0 Å². The van der Waals surface area contributed by atoms with E-state index in [1.807, 2.05) is 30.3 Å². The Bertz CT molecular complexity index is 754. The van der Waals surface area contributed by atoms with E-state index in [1.165, 1.54) is 0 Å². The van der Waals surface area contributed by atoms with E-state index in [0.717, 1.165) is 15.2 Å². The van der Waals surface area contributed by atoms with Crippen LogP contribution in [0.4, 0.5) is 5.82 Å². The third-order valence-electron chi connectivity index (χ3n) is 2.67. The fourth-order valence-corrected chi connectivity index (χ4v) is 2.70. The highest BCUT2D eigenvalue weighted by Crippen LogP contribution is 2.29. The van der Waals surface area contributed by atoms with Crippen molar-refractivity contribution < 1.29 is 0 Å². The number of aromatic nitrogens is 2. The van der Waals surface area contributed by atoms with Crippen LogP contribution in [-0.4, -0.2) is 9.97 Å². The molecule has 0 saturated carbocycles. The molecule has 0 aliphatic carbocycles. The van der Waals surface area contributed by atoms with Crippen molar-refractivity contribution in [1.82, 2.24) is 9.97 Å². The van der Waals surface area contributed by atoms with Crippen LogP contribution in [0.15, 0.2) is 36.4 Å². The summed E-state index contributed by atoms with van der Waals surface area (Å²) in [5.74, 6) is 5.73. The molecule has 3 aromatic rings. The van der Waals surface area contributed by atoms with Crippen molar-refractivity contribution in [2.75, 3.05) is 5.43 Å². The van der Waals surface area contributed by atoms with E-state index < -0.39 is 0 Å². The van der Waals surface area contributed by atoms with E-state index >= 15 is 0 Å². The molecule has 19 heavy (non-hydrogen) atoms. The monoisotopic (exact) mass is 267 g/mol. The van der Waals surface area contributed by atoms with Crippen LogP contribution in [0.2, 0.25) is 0 Å². The number of nitrogen functional groups attached to an aromatic ring is 1. The Morgan fingerprint density at radius 3 is 2.74 bits per heavy atom. The Hall–Kier alpha value is -2.49. The lowest BCUT2D eigenvalue weighted by atomic mass is 10.2. The smallest absolute Gasteiger partial charge is 0.158 e. The molecular formula is C13H9N5S. The zero-order valence-electron chi connectivity index (χ0n) is 9.79. The molecule has 0 unspecified atom stereocenters. The molecule has 3 N–H and O–H groups in total. The number of pyridine rings is 1. The second kappa shape index (κ2) is 4.65. The number of nitrogens with two attached hydrogens (primary N) is 1. The van der Waals surface area contributed by atoms with Crippen LogP contribution < -0.4 is 11.3 Å². The number of rotatable bonds is 2. The first kappa shape index (κ1) is 11.6. The average molecular weight is 267 g/mol. The highest BCUT2D eigenvalue weighted by atomic mass is 32.1. The minimum absolute atomic E-state index is 0.360. The zero-order valence-corrected chi connectivity index (χ0v) is 10.6. The Morgan fingerprint density at radius 1 is 1.16 bits per heavy atom. The number of hydrazine groups is 1. The van der Waals surface area contributed by atoms with Gasteiger partial charge in [0.05, 0.1) is 15.8 Å². The molecule has 2 aromatic heterocycles. The summed E-state index contributed by atoms with van der Waals surface area (Å²) >= 11 is 1.56. The van der Waals surface area contributed by atoms with Crippen molar-refractivity contribution in [1.29, 1.82) is 5.26 Å². The van der Waals surface area contributed by atoms with Crippen molar-refractivity contribution >= 4 is 27.4 Å². The van der Waals surface area contributed by atoms with Gasteiger partial charge >= 0.3 is 0 Å². The molecule has 2 heterocycles. The van der Waals surface area contributed by atoms with Crippen LogP contribution in [0.5, 0.6) is 0 Å². The maximum atomic E-state index is 8.93. The van der Waals surface area contributed by atoms with Crippen LogP contribution in [0.1, 0.15) is 5.56 Å². The van der Waals surface area contributed by atoms with Gasteiger partial charge in [0.25, 0.3) is 0 Å². The number of nitriles is 1. The number of hydrogen-bond donors (Lipinski definition) is 2. The molecular weight excluding hydrogens is 258 g/mol. The van der Waals surface area contributed by atoms with E-state index in [1.54, 1.807) is 23.5 Å². The van der Waals surface area contributed by atoms with Gasteiger partial charge in [-0.25, -0.2) is 15.8 Å². The van der Waals surface area contributed by atoms with Crippen molar-refractivity contribution in [2.45, 2.75) is 0 Å². The van der Waals surface area contributed by atoms with Gasteiger partial charge < -0.3 is 5.43 Å². The molecule has 0 radical (unpaired) electrons. The summed E-state index contributed by atoms with van der Waals surface area (Å²) in [4.78, 5) is 8.84. The molecule has 0 aliphatic heterocycles. The second-order valence-corrected chi connectivity index (χ2v) is 4.87. The van der Waals surface area contributed by atoms with Crippen molar-refractivity contribution in [3.05, 3.63) is 42.0 Å². The summed E-state index contributed by atoms with van der Waals surface area (Å²) in [5, 5.41) is 9.73. The first-order valence-corrected chi connectivity index (χ1v) is 6.37. The lowest BCUT2D eigenvalue weighted by Gasteiger charge is -2.03. The maximum Gasteiger partial charge on any atom is 0.158 e. The minimum atomic E-state index is 0.360. The van der Waals surface area contributed by atoms with E-state index in [4.69, 9.17) is 11.1 Å². The van der Waals surface area contributed by atoms with Gasteiger partial charge in [-0.2, -0.15) is 5.26 Å². The van der Waals surface area contributed by atoms with Crippen LogP contribution in [0.25, 0.3) is 20.9 Å². The van der Waals surface area contributed by atoms with Gasteiger partial charge in [-0.05, 0) is 24.3 Å².